The van der Waals surface area contributed by atoms with Gasteiger partial charge in [0.1, 0.15) is 4.99 Å². The average molecular weight is 301 g/mol. The third-order valence-electron chi connectivity index (χ3n) is 2.91. The lowest BCUT2D eigenvalue weighted by Gasteiger charge is -2.08. The lowest BCUT2D eigenvalue weighted by Crippen LogP contribution is -2.21. The summed E-state index contributed by atoms with van der Waals surface area (Å²) in [4.78, 5) is 23.7. The fourth-order valence-electron chi connectivity index (χ4n) is 1.84. The Labute approximate surface area is 127 Å². The minimum atomic E-state index is -0.175. The van der Waals surface area contributed by atoms with Crippen LogP contribution in [0.4, 0.5) is 5.69 Å². The van der Waals surface area contributed by atoms with Crippen LogP contribution >= 0.6 is 12.2 Å². The number of pyridine rings is 1. The fourth-order valence-corrected chi connectivity index (χ4v) is 1.97. The number of aryl methyl sites for hydroxylation is 1. The molecule has 2 aromatic rings. The molecule has 0 saturated carbocycles. The van der Waals surface area contributed by atoms with Crippen molar-refractivity contribution in [3.05, 3.63) is 64.6 Å². The molecule has 108 valence electrons. The van der Waals surface area contributed by atoms with Crippen molar-refractivity contribution < 1.29 is 4.79 Å². The number of aromatic nitrogens is 1. The third kappa shape index (κ3) is 4.25. The van der Waals surface area contributed by atoms with E-state index in [-0.39, 0.29) is 22.9 Å². The van der Waals surface area contributed by atoms with Crippen molar-refractivity contribution in [1.29, 1.82) is 0 Å². The molecule has 0 aliphatic carbocycles. The molecule has 2 rings (SSSR count). The summed E-state index contributed by atoms with van der Waals surface area (Å²) in [6.45, 7) is 0.334. The number of nitrogens with zero attached hydrogens (tertiary/aromatic N) is 1. The number of carbonyl (C=O) groups excluding carboxylic acids is 1. The predicted molar refractivity (Wildman–Crippen MR) is 86.3 cm³/mol. The van der Waals surface area contributed by atoms with Gasteiger partial charge in [-0.15, -0.1) is 0 Å². The number of nitrogens with two attached hydrogens (primary N) is 1. The van der Waals surface area contributed by atoms with Gasteiger partial charge in [-0.2, -0.15) is 0 Å². The summed E-state index contributed by atoms with van der Waals surface area (Å²) in [7, 11) is 0. The summed E-state index contributed by atoms with van der Waals surface area (Å²) in [5.41, 5.74) is 6.75. The van der Waals surface area contributed by atoms with Crippen LogP contribution in [0.25, 0.3) is 0 Å². The number of benzene rings is 1. The van der Waals surface area contributed by atoms with E-state index in [0.29, 0.717) is 17.8 Å². The van der Waals surface area contributed by atoms with Gasteiger partial charge in [-0.3, -0.25) is 9.59 Å². The van der Waals surface area contributed by atoms with Crippen LogP contribution in [0.5, 0.6) is 0 Å². The van der Waals surface area contributed by atoms with Crippen molar-refractivity contribution in [3.63, 3.8) is 0 Å². The van der Waals surface area contributed by atoms with Gasteiger partial charge in [-0.05, 0) is 18.2 Å². The third-order valence-corrected chi connectivity index (χ3v) is 3.15. The summed E-state index contributed by atoms with van der Waals surface area (Å²) < 4.78 is 1.49. The zero-order valence-electron chi connectivity index (χ0n) is 11.3. The van der Waals surface area contributed by atoms with Crippen LogP contribution in [0.2, 0.25) is 0 Å². The highest BCUT2D eigenvalue weighted by Gasteiger charge is 2.05. The highest BCUT2D eigenvalue weighted by atomic mass is 32.1. The van der Waals surface area contributed by atoms with Crippen LogP contribution in [0.1, 0.15) is 12.0 Å². The number of amides is 1. The van der Waals surface area contributed by atoms with Crippen LogP contribution in [-0.2, 0) is 11.3 Å². The molecule has 0 saturated heterocycles. The Balaban J connectivity index is 1.96. The molecule has 0 unspecified atom stereocenters. The number of carbonyl (C=O) groups is 1. The second-order valence-corrected chi connectivity index (χ2v) is 4.92. The van der Waals surface area contributed by atoms with Crippen molar-refractivity contribution in [2.75, 3.05) is 5.32 Å². The van der Waals surface area contributed by atoms with Gasteiger partial charge in [-0.25, -0.2) is 0 Å². The quantitative estimate of drug-likeness (QED) is 0.821. The second kappa shape index (κ2) is 6.81. The summed E-state index contributed by atoms with van der Waals surface area (Å²) in [5.74, 6) is -0.175. The maximum absolute atomic E-state index is 11.9. The molecule has 1 aromatic carbocycles. The molecule has 0 bridgehead atoms. The van der Waals surface area contributed by atoms with Gasteiger partial charge in [-0.1, -0.05) is 30.4 Å². The number of thiocarbonyl (C=S) groups is 1. The molecule has 1 amide bonds. The number of rotatable bonds is 5. The number of nitrogens with one attached hydrogen (secondary N) is 1. The topological polar surface area (TPSA) is 77.1 Å². The maximum Gasteiger partial charge on any atom is 0.250 e. The van der Waals surface area contributed by atoms with E-state index in [2.05, 4.69) is 5.32 Å². The van der Waals surface area contributed by atoms with E-state index in [4.69, 9.17) is 18.0 Å². The number of hydrogen-bond donors (Lipinski definition) is 2. The van der Waals surface area contributed by atoms with Crippen LogP contribution in [0.15, 0.2) is 53.5 Å². The van der Waals surface area contributed by atoms with E-state index < -0.39 is 0 Å². The normalized spacial score (nSPS) is 10.1. The monoisotopic (exact) mass is 301 g/mol. The highest BCUT2D eigenvalue weighted by molar-refractivity contribution is 7.80. The Kier molecular flexibility index (Phi) is 4.84. The standard InChI is InChI=1S/C15H15N3O2S/c16-15(21)11-4-3-5-12(10-11)17-13(19)7-9-18-8-2-1-6-14(18)20/h1-6,8,10H,7,9H2,(H2,16,21)(H,17,19). The maximum atomic E-state index is 11.9. The van der Waals surface area contributed by atoms with Gasteiger partial charge < -0.3 is 15.6 Å². The molecule has 1 heterocycles. The van der Waals surface area contributed by atoms with Crippen LogP contribution in [0, 0.1) is 0 Å². The minimum Gasteiger partial charge on any atom is -0.389 e. The molecular formula is C15H15N3O2S. The van der Waals surface area contributed by atoms with Gasteiger partial charge in [0.15, 0.2) is 0 Å². The zero-order valence-corrected chi connectivity index (χ0v) is 12.1. The van der Waals surface area contributed by atoms with Gasteiger partial charge >= 0.3 is 0 Å². The first-order valence-corrected chi connectivity index (χ1v) is 6.82. The molecule has 6 heteroatoms. The van der Waals surface area contributed by atoms with E-state index in [1.165, 1.54) is 10.6 Å². The SMILES string of the molecule is NC(=S)c1cccc(NC(=O)CCn2ccccc2=O)c1. The van der Waals surface area contributed by atoms with E-state index in [1.54, 1.807) is 42.6 Å². The van der Waals surface area contributed by atoms with E-state index in [9.17, 15) is 9.59 Å². The summed E-state index contributed by atoms with van der Waals surface area (Å²) in [6, 6.07) is 11.9. The molecule has 21 heavy (non-hydrogen) atoms. The first-order chi connectivity index (χ1) is 10.1. The van der Waals surface area contributed by atoms with Gasteiger partial charge in [0.2, 0.25) is 5.91 Å². The molecule has 3 N–H and O–H groups in total. The highest BCUT2D eigenvalue weighted by Crippen LogP contribution is 2.11. The summed E-state index contributed by atoms with van der Waals surface area (Å²) in [5, 5.41) is 2.76. The minimum absolute atomic E-state index is 0.124. The Morgan fingerprint density at radius 2 is 2.05 bits per heavy atom. The Hall–Kier alpha value is -2.47. The van der Waals surface area contributed by atoms with Crippen LogP contribution < -0.4 is 16.6 Å². The summed E-state index contributed by atoms with van der Waals surface area (Å²) >= 11 is 4.89. The average Bonchev–Trinajstić information content (AvgIpc) is 2.46. The molecule has 5 nitrogen and oxygen atoms in total. The van der Waals surface area contributed by atoms with Crippen molar-refractivity contribution >= 4 is 28.8 Å². The lowest BCUT2D eigenvalue weighted by molar-refractivity contribution is -0.116. The molecule has 0 fully saturated rings. The number of hydrogen-bond acceptors (Lipinski definition) is 3. The molecule has 0 aliphatic heterocycles. The molecule has 0 spiro atoms. The molecule has 0 aliphatic rings. The van der Waals surface area contributed by atoms with Gasteiger partial charge in [0.05, 0.1) is 0 Å². The van der Waals surface area contributed by atoms with E-state index in [1.807, 2.05) is 0 Å². The largest absolute Gasteiger partial charge is 0.389 e. The first kappa shape index (κ1) is 14.9. The van der Waals surface area contributed by atoms with Gasteiger partial charge in [0.25, 0.3) is 5.56 Å². The lowest BCUT2D eigenvalue weighted by atomic mass is 10.2. The second-order valence-electron chi connectivity index (χ2n) is 4.48. The van der Waals surface area contributed by atoms with Crippen LogP contribution in [-0.4, -0.2) is 15.5 Å². The van der Waals surface area contributed by atoms with E-state index >= 15 is 0 Å². The van der Waals surface area contributed by atoms with Crippen molar-refractivity contribution in [2.45, 2.75) is 13.0 Å². The molecule has 0 atom stereocenters. The fraction of sp³-hybridized carbons (Fsp3) is 0.133. The molecule has 0 radical (unpaired) electrons. The zero-order chi connectivity index (χ0) is 15.2. The predicted octanol–water partition coefficient (Wildman–Crippen LogP) is 1.51. The van der Waals surface area contributed by atoms with Gasteiger partial charge in [0, 0.05) is 36.5 Å². The van der Waals surface area contributed by atoms with Crippen molar-refractivity contribution in [2.24, 2.45) is 5.73 Å². The Morgan fingerprint density at radius 3 is 2.76 bits per heavy atom. The van der Waals surface area contributed by atoms with Crippen molar-refractivity contribution in [1.82, 2.24) is 4.57 Å². The molecule has 1 aromatic heterocycles. The first-order valence-electron chi connectivity index (χ1n) is 6.41. The van der Waals surface area contributed by atoms with Crippen molar-refractivity contribution in [3.8, 4) is 0 Å². The van der Waals surface area contributed by atoms with Crippen LogP contribution in [0.3, 0.4) is 0 Å². The Morgan fingerprint density at radius 1 is 1.24 bits per heavy atom. The smallest absolute Gasteiger partial charge is 0.250 e. The number of anilines is 1. The Bertz CT molecular complexity index is 725. The summed E-state index contributed by atoms with van der Waals surface area (Å²) in [6.07, 6.45) is 1.87. The van der Waals surface area contributed by atoms with E-state index in [0.717, 1.165) is 0 Å². The molecular weight excluding hydrogens is 286 g/mol.